The molecule has 1 heteroatoms. The molecule has 28 valence electrons. The van der Waals surface area contributed by atoms with Crippen molar-refractivity contribution < 1.29 is 21.1 Å². The van der Waals surface area contributed by atoms with E-state index < -0.39 is 0 Å². The van der Waals surface area contributed by atoms with Gasteiger partial charge in [-0.25, -0.2) is 0 Å². The normalized spacial score (nSPS) is 19.2. The van der Waals surface area contributed by atoms with Crippen molar-refractivity contribution in [2.75, 3.05) is 0 Å². The average molecular weight is 238 g/mol. The van der Waals surface area contributed by atoms with Gasteiger partial charge in [0.25, 0.3) is 0 Å². The Morgan fingerprint density at radius 3 is 1.20 bits per heavy atom. The van der Waals surface area contributed by atoms with Gasteiger partial charge in [-0.2, -0.15) is 0 Å². The Bertz CT molecular complexity index is 11.6. The van der Waals surface area contributed by atoms with Crippen LogP contribution >= 0.6 is 0 Å². The minimum Gasteiger partial charge on any atom is -0.386 e. The predicted octanol–water partition coefficient (Wildman–Crippen LogP) is 1.19. The van der Waals surface area contributed by atoms with Gasteiger partial charge in [0.05, 0.1) is 0 Å². The van der Waals surface area contributed by atoms with Gasteiger partial charge in [0, 0.05) is 0 Å². The second kappa shape index (κ2) is 2.90. The Morgan fingerprint density at radius 2 is 1.20 bits per heavy atom. The van der Waals surface area contributed by atoms with Crippen LogP contribution in [0.25, 0.3) is 0 Å². The standard InChI is InChI=1S/C4H6.W/c1-2-4-3-1;/h1,4H,2-3H2;/q-2;+2. The first-order valence-corrected chi connectivity index (χ1v) is 1.63. The van der Waals surface area contributed by atoms with E-state index in [9.17, 15) is 0 Å². The van der Waals surface area contributed by atoms with Crippen molar-refractivity contribution in [3.63, 3.8) is 0 Å². The summed E-state index contributed by atoms with van der Waals surface area (Å²) in [6.07, 6.45) is 7.00. The minimum absolute atomic E-state index is 0. The molecule has 1 saturated carbocycles. The molecule has 0 atom stereocenters. The van der Waals surface area contributed by atoms with Crippen LogP contribution in [0.3, 0.4) is 0 Å². The Hall–Kier alpha value is 0.688. The summed E-state index contributed by atoms with van der Waals surface area (Å²) in [7, 11) is 0. The van der Waals surface area contributed by atoms with E-state index in [1.165, 1.54) is 12.8 Å². The molecule has 0 aliphatic heterocycles. The molecule has 0 N–H and O–H groups in total. The van der Waals surface area contributed by atoms with Crippen LogP contribution in [0.4, 0.5) is 0 Å². The molecule has 1 aliphatic carbocycles. The summed E-state index contributed by atoms with van der Waals surface area (Å²) in [6.45, 7) is 0. The summed E-state index contributed by atoms with van der Waals surface area (Å²) >= 11 is 0. The van der Waals surface area contributed by atoms with E-state index in [1.54, 1.807) is 0 Å². The maximum absolute atomic E-state index is 2.25. The van der Waals surface area contributed by atoms with Gasteiger partial charge in [0.15, 0.2) is 0 Å². The fourth-order valence-electron chi connectivity index (χ4n) is 0.167. The van der Waals surface area contributed by atoms with Crippen molar-refractivity contribution in [1.82, 2.24) is 0 Å². The summed E-state index contributed by atoms with van der Waals surface area (Å²) in [5, 5.41) is 0. The maximum atomic E-state index is 2.25. The van der Waals surface area contributed by atoms with Gasteiger partial charge >= 0.3 is 21.1 Å². The summed E-state index contributed by atoms with van der Waals surface area (Å²) in [4.78, 5) is 0. The van der Waals surface area contributed by atoms with Crippen molar-refractivity contribution in [1.29, 1.82) is 0 Å². The first-order chi connectivity index (χ1) is 2.00. The van der Waals surface area contributed by atoms with Crippen LogP contribution in [0.1, 0.15) is 12.8 Å². The maximum Gasteiger partial charge on any atom is 2.00 e. The fourth-order valence-corrected chi connectivity index (χ4v) is 0.167. The first-order valence-electron chi connectivity index (χ1n) is 1.63. The summed E-state index contributed by atoms with van der Waals surface area (Å²) in [6, 6.07) is 0. The van der Waals surface area contributed by atoms with Gasteiger partial charge in [0.2, 0.25) is 0 Å². The molecule has 0 bridgehead atoms. The molecule has 0 aromatic heterocycles. The molecule has 0 radical (unpaired) electrons. The molecule has 0 aromatic rings. The Kier molecular flexibility index (Phi) is 3.30. The van der Waals surface area contributed by atoms with Crippen LogP contribution in [-0.4, -0.2) is 0 Å². The zero-order chi connectivity index (χ0) is 2.83. The van der Waals surface area contributed by atoms with Crippen molar-refractivity contribution in [2.45, 2.75) is 12.8 Å². The van der Waals surface area contributed by atoms with E-state index in [0.717, 1.165) is 0 Å². The van der Waals surface area contributed by atoms with E-state index >= 15 is 0 Å². The molecule has 0 heterocycles. The van der Waals surface area contributed by atoms with E-state index in [1.807, 2.05) is 0 Å². The first kappa shape index (κ1) is 5.69. The van der Waals surface area contributed by atoms with Crippen molar-refractivity contribution in [3.05, 3.63) is 12.8 Å². The minimum atomic E-state index is 0. The molecular formula is C4H6W. The molecule has 1 aliphatic rings. The van der Waals surface area contributed by atoms with Gasteiger partial charge in [-0.05, 0) is 0 Å². The smallest absolute Gasteiger partial charge is 0.386 e. The largest absolute Gasteiger partial charge is 2.00 e. The Labute approximate surface area is 47.2 Å². The molecular weight excluding hydrogens is 232 g/mol. The van der Waals surface area contributed by atoms with Crippen molar-refractivity contribution >= 4 is 0 Å². The second-order valence-corrected chi connectivity index (χ2v) is 1.05. The molecule has 0 unspecified atom stereocenters. The van der Waals surface area contributed by atoms with Crippen LogP contribution < -0.4 is 0 Å². The quantitative estimate of drug-likeness (QED) is 0.556. The number of rotatable bonds is 0. The monoisotopic (exact) mass is 238 g/mol. The zero-order valence-corrected chi connectivity index (χ0v) is 5.91. The van der Waals surface area contributed by atoms with Crippen LogP contribution in [0.5, 0.6) is 0 Å². The summed E-state index contributed by atoms with van der Waals surface area (Å²) in [5.74, 6) is 0. The summed E-state index contributed by atoms with van der Waals surface area (Å²) in [5.41, 5.74) is 0. The third-order valence-electron chi connectivity index (χ3n) is 0.667. The molecule has 1 fully saturated rings. The number of hydrogen-bond acceptors (Lipinski definition) is 0. The van der Waals surface area contributed by atoms with Gasteiger partial charge < -0.3 is 25.7 Å². The molecule has 0 saturated heterocycles. The van der Waals surface area contributed by atoms with Crippen molar-refractivity contribution in [3.8, 4) is 0 Å². The fraction of sp³-hybridized carbons (Fsp3) is 0.500. The molecule has 0 amide bonds. The predicted molar refractivity (Wildman–Crippen MR) is 17.8 cm³/mol. The Balaban J connectivity index is 0.000000160. The van der Waals surface area contributed by atoms with Crippen molar-refractivity contribution in [2.24, 2.45) is 0 Å². The van der Waals surface area contributed by atoms with Crippen LogP contribution in [0.15, 0.2) is 0 Å². The van der Waals surface area contributed by atoms with Gasteiger partial charge in [-0.15, -0.1) is 0 Å². The molecule has 1 rings (SSSR count). The van der Waals surface area contributed by atoms with E-state index in [-0.39, 0.29) is 21.1 Å². The SMILES string of the molecule is [CH-]1C[CH-]C1.[W+2]. The van der Waals surface area contributed by atoms with E-state index in [4.69, 9.17) is 0 Å². The van der Waals surface area contributed by atoms with Crippen LogP contribution in [-0.2, 0) is 21.1 Å². The molecule has 0 nitrogen and oxygen atoms in total. The van der Waals surface area contributed by atoms with Gasteiger partial charge in [0.1, 0.15) is 0 Å². The zero-order valence-electron chi connectivity index (χ0n) is 2.98. The molecule has 0 spiro atoms. The molecule has 5 heavy (non-hydrogen) atoms. The van der Waals surface area contributed by atoms with Gasteiger partial charge in [-0.1, -0.05) is 0 Å². The van der Waals surface area contributed by atoms with Crippen LogP contribution in [0, 0.1) is 12.8 Å². The van der Waals surface area contributed by atoms with Crippen LogP contribution in [0.2, 0.25) is 0 Å². The van der Waals surface area contributed by atoms with Gasteiger partial charge in [-0.3, -0.25) is 0 Å². The summed E-state index contributed by atoms with van der Waals surface area (Å²) < 4.78 is 0. The second-order valence-electron chi connectivity index (χ2n) is 1.05. The average Bonchev–Trinajstić information content (AvgIpc) is 0.722. The number of hydrogen-bond donors (Lipinski definition) is 0. The molecule has 0 aromatic carbocycles. The third-order valence-corrected chi connectivity index (χ3v) is 0.667. The van der Waals surface area contributed by atoms with E-state index in [2.05, 4.69) is 12.8 Å². The third kappa shape index (κ3) is 1.54. The Morgan fingerprint density at radius 1 is 1.00 bits per heavy atom. The topological polar surface area (TPSA) is 0 Å². The van der Waals surface area contributed by atoms with E-state index in [0.29, 0.717) is 0 Å².